The zero-order valence-corrected chi connectivity index (χ0v) is 19.5. The van der Waals surface area contributed by atoms with Gasteiger partial charge >= 0.3 is 6.55 Å². The lowest BCUT2D eigenvalue weighted by Crippen LogP contribution is -2.40. The number of hydrogen-bond acceptors (Lipinski definition) is 6. The Bertz CT molecular complexity index is 1170. The van der Waals surface area contributed by atoms with Crippen LogP contribution in [-0.4, -0.2) is 57.9 Å². The Balaban J connectivity index is 0.000000291. The van der Waals surface area contributed by atoms with Crippen LogP contribution in [0, 0.1) is 12.7 Å². The molecule has 1 atom stereocenters. The molecule has 0 spiro atoms. The Morgan fingerprint density at radius 1 is 1.29 bits per heavy atom. The third-order valence-corrected chi connectivity index (χ3v) is 6.26. The summed E-state index contributed by atoms with van der Waals surface area (Å²) in [6, 6.07) is 6.50. The molecule has 5 rings (SSSR count). The number of nitrogens with one attached hydrogen (secondary N) is 1. The van der Waals surface area contributed by atoms with Crippen LogP contribution in [0.1, 0.15) is 29.1 Å². The Kier molecular flexibility index (Phi) is 7.13. The first-order valence-electron chi connectivity index (χ1n) is 10.6. The molecule has 0 aliphatic carbocycles. The topological polar surface area (TPSA) is 58.3 Å². The molecule has 180 valence electrons. The smallest absolute Gasteiger partial charge is 0.324 e. The second-order valence-corrected chi connectivity index (χ2v) is 9.03. The number of allylic oxidation sites excluding steroid dienone is 1. The quantitative estimate of drug-likeness (QED) is 0.526. The number of benzene rings is 1. The van der Waals surface area contributed by atoms with Crippen LogP contribution in [0.15, 0.2) is 58.9 Å². The summed E-state index contributed by atoms with van der Waals surface area (Å²) in [6.07, 6.45) is 4.53. The first kappa shape index (κ1) is 24.1. The zero-order valence-electron chi connectivity index (χ0n) is 18.7. The lowest BCUT2D eigenvalue weighted by atomic mass is 9.99. The summed E-state index contributed by atoms with van der Waals surface area (Å²) in [5.41, 5.74) is 1.53. The number of fused-ring (bicyclic) bond motifs is 1. The SMILES string of the molecule is CNCC1(F)CC2=C(c3cnn(C(F)F)c3)CN=C(c3nccs3)N2C1.Cc1cccc(F)c1. The third-order valence-electron chi connectivity index (χ3n) is 5.49. The van der Waals surface area contributed by atoms with Crippen molar-refractivity contribution in [3.8, 4) is 0 Å². The van der Waals surface area contributed by atoms with Crippen molar-refractivity contribution in [3.05, 3.63) is 75.9 Å². The molecule has 0 amide bonds. The normalized spacial score (nSPS) is 19.7. The summed E-state index contributed by atoms with van der Waals surface area (Å²) in [5, 5.41) is 9.15. The highest BCUT2D eigenvalue weighted by molar-refractivity contribution is 7.11. The van der Waals surface area contributed by atoms with E-state index in [1.54, 1.807) is 19.3 Å². The average Bonchev–Trinajstić information content (AvgIpc) is 3.53. The minimum absolute atomic E-state index is 0.147. The van der Waals surface area contributed by atoms with Crippen LogP contribution in [0.5, 0.6) is 0 Å². The number of alkyl halides is 3. The van der Waals surface area contributed by atoms with Crippen LogP contribution in [0.25, 0.3) is 5.57 Å². The Morgan fingerprint density at radius 2 is 2.12 bits per heavy atom. The molecule has 2 aromatic heterocycles. The van der Waals surface area contributed by atoms with Crippen molar-refractivity contribution < 1.29 is 17.6 Å². The Hall–Kier alpha value is -3.05. The van der Waals surface area contributed by atoms with Crippen LogP contribution in [-0.2, 0) is 0 Å². The van der Waals surface area contributed by atoms with Gasteiger partial charge in [0.05, 0.1) is 19.3 Å². The molecular formula is C23H24F4N6S. The van der Waals surface area contributed by atoms with Crippen molar-refractivity contribution >= 4 is 22.7 Å². The molecule has 0 bridgehead atoms. The standard InChI is InChI=1S/C16H17F3N6S.C7H7F/c1-20-8-16(19)4-12-11(10-5-23-25(7-10)15(17)18)6-22-13(24(12)9-16)14-21-2-3-26-14;1-6-3-2-4-7(8)5-6/h2-3,5,7,15,20H,4,6,8-9H2,1H3;2-5H,1H3. The van der Waals surface area contributed by atoms with E-state index in [1.165, 1.54) is 35.9 Å². The van der Waals surface area contributed by atoms with Gasteiger partial charge in [-0.3, -0.25) is 4.99 Å². The van der Waals surface area contributed by atoms with Gasteiger partial charge in [-0.25, -0.2) is 18.4 Å². The molecular weight excluding hydrogens is 468 g/mol. The van der Waals surface area contributed by atoms with Crippen molar-refractivity contribution in [3.63, 3.8) is 0 Å². The summed E-state index contributed by atoms with van der Waals surface area (Å²) in [7, 11) is 1.70. The lowest BCUT2D eigenvalue weighted by Gasteiger charge is -2.27. The fraction of sp³-hybridized carbons (Fsp3) is 0.348. The lowest BCUT2D eigenvalue weighted by molar-refractivity contribution is 0.0566. The van der Waals surface area contributed by atoms with Gasteiger partial charge in [0.25, 0.3) is 0 Å². The van der Waals surface area contributed by atoms with Crippen molar-refractivity contribution in [1.82, 2.24) is 25.0 Å². The predicted octanol–water partition coefficient (Wildman–Crippen LogP) is 4.67. The van der Waals surface area contributed by atoms with E-state index in [0.29, 0.717) is 16.1 Å². The molecule has 1 N–H and O–H groups in total. The van der Waals surface area contributed by atoms with Gasteiger partial charge in [0.15, 0.2) is 10.8 Å². The summed E-state index contributed by atoms with van der Waals surface area (Å²) in [4.78, 5) is 10.7. The molecule has 0 radical (unpaired) electrons. The summed E-state index contributed by atoms with van der Waals surface area (Å²) in [5.74, 6) is 0.473. The van der Waals surface area contributed by atoms with Gasteiger partial charge in [0.1, 0.15) is 11.5 Å². The first-order valence-corrected chi connectivity index (χ1v) is 11.5. The average molecular weight is 493 g/mol. The van der Waals surface area contributed by atoms with Gasteiger partial charge in [-0.1, -0.05) is 12.1 Å². The maximum Gasteiger partial charge on any atom is 0.333 e. The predicted molar refractivity (Wildman–Crippen MR) is 124 cm³/mol. The van der Waals surface area contributed by atoms with Crippen LogP contribution in [0.3, 0.4) is 0 Å². The second-order valence-electron chi connectivity index (χ2n) is 8.13. The fourth-order valence-electron chi connectivity index (χ4n) is 4.05. The Morgan fingerprint density at radius 3 is 2.71 bits per heavy atom. The first-order chi connectivity index (χ1) is 16.3. The maximum atomic E-state index is 15.3. The molecule has 1 aromatic carbocycles. The van der Waals surface area contributed by atoms with Gasteiger partial charge in [0.2, 0.25) is 0 Å². The van der Waals surface area contributed by atoms with Gasteiger partial charge in [0, 0.05) is 47.6 Å². The maximum absolute atomic E-state index is 15.3. The van der Waals surface area contributed by atoms with E-state index in [9.17, 15) is 13.2 Å². The minimum atomic E-state index is -2.71. The second kappa shape index (κ2) is 10.1. The van der Waals surface area contributed by atoms with E-state index in [0.717, 1.165) is 21.8 Å². The number of nitrogens with zero attached hydrogens (tertiary/aromatic N) is 5. The summed E-state index contributed by atoms with van der Waals surface area (Å²) >= 11 is 1.44. The van der Waals surface area contributed by atoms with E-state index in [4.69, 9.17) is 0 Å². The van der Waals surface area contributed by atoms with E-state index in [-0.39, 0.29) is 31.9 Å². The molecule has 1 saturated heterocycles. The molecule has 2 aliphatic heterocycles. The molecule has 6 nitrogen and oxygen atoms in total. The van der Waals surface area contributed by atoms with Gasteiger partial charge in [-0.15, -0.1) is 11.3 Å². The highest BCUT2D eigenvalue weighted by Gasteiger charge is 2.45. The summed E-state index contributed by atoms with van der Waals surface area (Å²) in [6.45, 7) is -0.221. The van der Waals surface area contributed by atoms with E-state index in [1.807, 2.05) is 23.3 Å². The molecule has 4 heterocycles. The zero-order chi connectivity index (χ0) is 24.3. The van der Waals surface area contributed by atoms with Crippen LogP contribution in [0.4, 0.5) is 17.6 Å². The van der Waals surface area contributed by atoms with Crippen molar-refractivity contribution in [1.29, 1.82) is 0 Å². The van der Waals surface area contributed by atoms with Crippen molar-refractivity contribution in [2.45, 2.75) is 25.6 Å². The Labute approximate surface area is 198 Å². The van der Waals surface area contributed by atoms with E-state index in [2.05, 4.69) is 20.4 Å². The van der Waals surface area contributed by atoms with E-state index >= 15 is 4.39 Å². The number of thiazole rings is 1. The van der Waals surface area contributed by atoms with Gasteiger partial charge in [-0.05, 0) is 31.7 Å². The molecule has 1 fully saturated rings. The van der Waals surface area contributed by atoms with Gasteiger partial charge < -0.3 is 10.2 Å². The number of amidine groups is 1. The fourth-order valence-corrected chi connectivity index (χ4v) is 4.70. The van der Waals surface area contributed by atoms with Crippen LogP contribution in [0.2, 0.25) is 0 Å². The highest BCUT2D eigenvalue weighted by atomic mass is 32.1. The van der Waals surface area contributed by atoms with E-state index < -0.39 is 12.2 Å². The van der Waals surface area contributed by atoms with Crippen LogP contribution >= 0.6 is 11.3 Å². The molecule has 11 heteroatoms. The third kappa shape index (κ3) is 5.20. The molecule has 34 heavy (non-hydrogen) atoms. The number of rotatable bonds is 5. The molecule has 2 aliphatic rings. The van der Waals surface area contributed by atoms with Crippen LogP contribution < -0.4 is 5.32 Å². The van der Waals surface area contributed by atoms with Crippen molar-refractivity contribution in [2.75, 3.05) is 26.7 Å². The number of hydrogen-bond donors (Lipinski definition) is 1. The molecule has 1 unspecified atom stereocenters. The highest BCUT2D eigenvalue weighted by Crippen LogP contribution is 2.41. The monoisotopic (exact) mass is 492 g/mol. The number of aliphatic imine (C=N–C) groups is 1. The largest absolute Gasteiger partial charge is 0.333 e. The summed E-state index contributed by atoms with van der Waals surface area (Å²) < 4.78 is 53.8. The van der Waals surface area contributed by atoms with Crippen molar-refractivity contribution in [2.24, 2.45) is 4.99 Å². The number of aryl methyl sites for hydroxylation is 1. The molecule has 0 saturated carbocycles. The number of halogens is 4. The minimum Gasteiger partial charge on any atom is -0.324 e. The number of aromatic nitrogens is 3. The molecule has 3 aromatic rings. The van der Waals surface area contributed by atoms with Gasteiger partial charge in [-0.2, -0.15) is 13.9 Å².